The zero-order chi connectivity index (χ0) is 8.40. The quantitative estimate of drug-likeness (QED) is 0.604. The van der Waals surface area contributed by atoms with Gasteiger partial charge in [-0.05, 0) is 43.4 Å². The van der Waals surface area contributed by atoms with E-state index < -0.39 is 7.12 Å². The van der Waals surface area contributed by atoms with Gasteiger partial charge in [-0.25, -0.2) is 0 Å². The van der Waals surface area contributed by atoms with E-state index in [0.717, 1.165) is 25.2 Å². The molecule has 2 bridgehead atoms. The third kappa shape index (κ3) is 0.622. The minimum absolute atomic E-state index is 0.0460. The predicted octanol–water partition coefficient (Wildman–Crippen LogP) is 1.18. The second-order valence-corrected chi connectivity index (χ2v) is 5.26. The van der Waals surface area contributed by atoms with Crippen molar-refractivity contribution in [2.45, 2.75) is 43.8 Å². The Morgan fingerprint density at radius 3 is 2.00 bits per heavy atom. The summed E-state index contributed by atoms with van der Waals surface area (Å²) in [6.07, 6.45) is 7.50. The highest BCUT2D eigenvalue weighted by molar-refractivity contribution is 6.46. The summed E-state index contributed by atoms with van der Waals surface area (Å²) in [5.74, 6) is 0.943. The van der Waals surface area contributed by atoms with Gasteiger partial charge in [0.15, 0.2) is 0 Å². The molecule has 0 aromatic rings. The topological polar surface area (TPSA) is 40.5 Å². The molecule has 4 aliphatic rings. The summed E-state index contributed by atoms with van der Waals surface area (Å²) in [6.45, 7) is 0. The van der Waals surface area contributed by atoms with Crippen molar-refractivity contribution in [3.8, 4) is 0 Å². The van der Waals surface area contributed by atoms with E-state index in [2.05, 4.69) is 0 Å². The van der Waals surface area contributed by atoms with Crippen molar-refractivity contribution in [1.82, 2.24) is 0 Å². The molecule has 4 aliphatic carbocycles. The summed E-state index contributed by atoms with van der Waals surface area (Å²) in [5, 5.41) is 18.2. The molecule has 2 nitrogen and oxygen atoms in total. The van der Waals surface area contributed by atoms with E-state index in [0.29, 0.717) is 5.41 Å². The molecule has 0 unspecified atom stereocenters. The lowest BCUT2D eigenvalue weighted by Crippen LogP contribution is -2.66. The van der Waals surface area contributed by atoms with E-state index in [1.165, 1.54) is 19.3 Å². The molecule has 12 heavy (non-hydrogen) atoms. The van der Waals surface area contributed by atoms with Crippen LogP contribution in [0.3, 0.4) is 0 Å². The molecule has 0 spiro atoms. The van der Waals surface area contributed by atoms with Gasteiger partial charge in [-0.2, -0.15) is 0 Å². The normalized spacial score (nSPS) is 50.5. The first-order valence-electron chi connectivity index (χ1n) is 5.03. The molecule has 0 amide bonds. The van der Waals surface area contributed by atoms with Gasteiger partial charge in [0.05, 0.1) is 0 Å². The van der Waals surface area contributed by atoms with Gasteiger partial charge < -0.3 is 10.0 Å². The molecular weight excluding hydrogens is 151 g/mol. The van der Waals surface area contributed by atoms with E-state index in [1.54, 1.807) is 0 Å². The van der Waals surface area contributed by atoms with E-state index in [4.69, 9.17) is 10.0 Å². The van der Waals surface area contributed by atoms with Crippen LogP contribution in [0.4, 0.5) is 0 Å². The minimum Gasteiger partial charge on any atom is -0.427 e. The van der Waals surface area contributed by atoms with E-state index in [9.17, 15) is 0 Å². The second-order valence-electron chi connectivity index (χ2n) is 5.26. The van der Waals surface area contributed by atoms with Crippen LogP contribution < -0.4 is 0 Å². The van der Waals surface area contributed by atoms with Gasteiger partial charge >= 0.3 is 7.12 Å². The second kappa shape index (κ2) is 1.90. The van der Waals surface area contributed by atoms with Crippen LogP contribution >= 0.6 is 0 Å². The highest BCUT2D eigenvalue weighted by atomic mass is 16.4. The van der Waals surface area contributed by atoms with Gasteiger partial charge in [0.2, 0.25) is 0 Å². The lowest BCUT2D eigenvalue weighted by atomic mass is 9.21. The standard InChI is InChI=1S/C9H15BO2/c11-10(12)9-4-8(5-9,6-9)7-2-1-3-7/h7,11-12H,1-6H2. The van der Waals surface area contributed by atoms with Crippen molar-refractivity contribution < 1.29 is 10.0 Å². The Labute approximate surface area is 73.1 Å². The fourth-order valence-corrected chi connectivity index (χ4v) is 3.68. The van der Waals surface area contributed by atoms with Crippen LogP contribution in [0.25, 0.3) is 0 Å². The molecule has 0 aromatic heterocycles. The zero-order valence-corrected chi connectivity index (χ0v) is 7.29. The number of rotatable bonds is 2. The van der Waals surface area contributed by atoms with E-state index in [-0.39, 0.29) is 5.31 Å². The Bertz CT molecular complexity index is 203. The predicted molar refractivity (Wildman–Crippen MR) is 46.5 cm³/mol. The minimum atomic E-state index is -1.04. The Morgan fingerprint density at radius 1 is 1.08 bits per heavy atom. The number of hydrogen-bond acceptors (Lipinski definition) is 2. The summed E-state index contributed by atoms with van der Waals surface area (Å²) in [7, 11) is -1.04. The Hall–Kier alpha value is -0.0151. The smallest absolute Gasteiger partial charge is 0.427 e. The summed E-state index contributed by atoms with van der Waals surface area (Å²) in [4.78, 5) is 0. The molecule has 0 radical (unpaired) electrons. The van der Waals surface area contributed by atoms with Crippen LogP contribution in [0.15, 0.2) is 0 Å². The summed E-state index contributed by atoms with van der Waals surface area (Å²) in [5.41, 5.74) is 0.585. The number of hydrogen-bond donors (Lipinski definition) is 2. The van der Waals surface area contributed by atoms with Crippen LogP contribution in [0.2, 0.25) is 5.31 Å². The van der Waals surface area contributed by atoms with Crippen molar-refractivity contribution in [3.05, 3.63) is 0 Å². The highest BCUT2D eigenvalue weighted by Crippen LogP contribution is 2.83. The maximum absolute atomic E-state index is 9.11. The third-order valence-electron chi connectivity index (χ3n) is 4.63. The summed E-state index contributed by atoms with van der Waals surface area (Å²) in [6, 6.07) is 0. The largest absolute Gasteiger partial charge is 0.458 e. The van der Waals surface area contributed by atoms with E-state index >= 15 is 0 Å². The fourth-order valence-electron chi connectivity index (χ4n) is 3.68. The van der Waals surface area contributed by atoms with Crippen LogP contribution in [-0.2, 0) is 0 Å². The van der Waals surface area contributed by atoms with Crippen molar-refractivity contribution >= 4 is 7.12 Å². The molecule has 4 fully saturated rings. The first-order valence-corrected chi connectivity index (χ1v) is 5.03. The van der Waals surface area contributed by atoms with Crippen molar-refractivity contribution in [1.29, 1.82) is 0 Å². The first-order chi connectivity index (χ1) is 5.67. The average molecular weight is 166 g/mol. The maximum Gasteiger partial charge on any atom is 0.458 e. The molecule has 0 atom stereocenters. The summed E-state index contributed by atoms with van der Waals surface area (Å²) >= 11 is 0. The SMILES string of the molecule is OB(O)C12CC(C3CCC3)(C1)C2. The zero-order valence-electron chi connectivity index (χ0n) is 7.29. The van der Waals surface area contributed by atoms with Gasteiger partial charge in [0, 0.05) is 5.31 Å². The lowest BCUT2D eigenvalue weighted by Gasteiger charge is -2.74. The molecule has 0 aromatic carbocycles. The van der Waals surface area contributed by atoms with E-state index in [1.807, 2.05) is 0 Å². The Kier molecular flexibility index (Phi) is 1.17. The third-order valence-corrected chi connectivity index (χ3v) is 4.63. The van der Waals surface area contributed by atoms with Crippen molar-refractivity contribution in [2.24, 2.45) is 11.3 Å². The monoisotopic (exact) mass is 166 g/mol. The molecular formula is C9H15BO2. The molecule has 0 heterocycles. The van der Waals surface area contributed by atoms with Crippen molar-refractivity contribution in [2.75, 3.05) is 0 Å². The molecule has 4 saturated carbocycles. The molecule has 0 saturated heterocycles. The van der Waals surface area contributed by atoms with Crippen LogP contribution in [0.5, 0.6) is 0 Å². The van der Waals surface area contributed by atoms with Crippen LogP contribution in [0.1, 0.15) is 38.5 Å². The first kappa shape index (κ1) is 7.39. The van der Waals surface area contributed by atoms with Gasteiger partial charge in [0.1, 0.15) is 0 Å². The highest BCUT2D eigenvalue weighted by Gasteiger charge is 2.74. The molecule has 4 rings (SSSR count). The Morgan fingerprint density at radius 2 is 1.67 bits per heavy atom. The Balaban J connectivity index is 1.67. The molecule has 0 aliphatic heterocycles. The van der Waals surface area contributed by atoms with Gasteiger partial charge in [0.25, 0.3) is 0 Å². The molecule has 3 heteroatoms. The van der Waals surface area contributed by atoms with Crippen molar-refractivity contribution in [3.63, 3.8) is 0 Å². The maximum atomic E-state index is 9.11. The summed E-state index contributed by atoms with van der Waals surface area (Å²) < 4.78 is 0. The fraction of sp³-hybridized carbons (Fsp3) is 1.00. The van der Waals surface area contributed by atoms with Crippen LogP contribution in [-0.4, -0.2) is 17.2 Å². The molecule has 66 valence electrons. The van der Waals surface area contributed by atoms with Crippen LogP contribution in [0, 0.1) is 11.3 Å². The van der Waals surface area contributed by atoms with Gasteiger partial charge in [-0.1, -0.05) is 6.42 Å². The average Bonchev–Trinajstić information content (AvgIpc) is 1.66. The van der Waals surface area contributed by atoms with Gasteiger partial charge in [-0.3, -0.25) is 0 Å². The lowest BCUT2D eigenvalue weighted by molar-refractivity contribution is -0.170. The molecule has 2 N–H and O–H groups in total. The van der Waals surface area contributed by atoms with Gasteiger partial charge in [-0.15, -0.1) is 0 Å².